The molecular formula is C16H20F2N2O3S2. The first-order valence-electron chi connectivity index (χ1n) is 7.49. The number of nitrogens with zero attached hydrogens (tertiary/aromatic N) is 1. The van der Waals surface area contributed by atoms with E-state index in [9.17, 15) is 17.2 Å². The van der Waals surface area contributed by atoms with Gasteiger partial charge >= 0.3 is 0 Å². The summed E-state index contributed by atoms with van der Waals surface area (Å²) in [7, 11) is -0.543. The van der Waals surface area contributed by atoms with Crippen molar-refractivity contribution in [3.8, 4) is 0 Å². The number of sulfonamides is 1. The summed E-state index contributed by atoms with van der Waals surface area (Å²) in [5.41, 5.74) is 0.649. The summed E-state index contributed by atoms with van der Waals surface area (Å²) < 4.78 is 55.6. The van der Waals surface area contributed by atoms with Crippen LogP contribution in [0.3, 0.4) is 0 Å². The summed E-state index contributed by atoms with van der Waals surface area (Å²) in [6.45, 7) is 0.709. The normalized spacial score (nSPS) is 12.2. The average Bonchev–Trinajstić information content (AvgIpc) is 3.01. The molecule has 0 fully saturated rings. The Kier molecular flexibility index (Phi) is 7.00. The second-order valence-electron chi connectivity index (χ2n) is 5.44. The van der Waals surface area contributed by atoms with E-state index >= 15 is 0 Å². The van der Waals surface area contributed by atoms with Crippen molar-refractivity contribution in [1.82, 2.24) is 9.62 Å². The number of rotatable bonds is 9. The van der Waals surface area contributed by atoms with Gasteiger partial charge in [-0.25, -0.2) is 12.7 Å². The lowest BCUT2D eigenvalue weighted by Gasteiger charge is -2.15. The Hall–Kier alpha value is -1.42. The van der Waals surface area contributed by atoms with Gasteiger partial charge in [-0.05, 0) is 23.8 Å². The van der Waals surface area contributed by atoms with Crippen LogP contribution in [-0.2, 0) is 28.9 Å². The number of hydrogen-bond acceptors (Lipinski definition) is 5. The Labute approximate surface area is 150 Å². The molecule has 1 aromatic carbocycles. The zero-order valence-corrected chi connectivity index (χ0v) is 15.5. The molecule has 9 heteroatoms. The molecular weight excluding hydrogens is 370 g/mol. The van der Waals surface area contributed by atoms with Gasteiger partial charge in [-0.2, -0.15) is 8.78 Å². The molecule has 0 aliphatic rings. The molecule has 0 atom stereocenters. The molecule has 2 aromatic rings. The SMILES string of the molecule is CN(C)S(=O)(=O)c1ccccc1CNCc1ccc(CSC(F)F)o1. The van der Waals surface area contributed by atoms with Crippen molar-refractivity contribution < 1.29 is 21.6 Å². The minimum atomic E-state index is -3.52. The van der Waals surface area contributed by atoms with Crippen LogP contribution in [0.15, 0.2) is 45.7 Å². The molecule has 1 N–H and O–H groups in total. The highest BCUT2D eigenvalue weighted by Gasteiger charge is 2.20. The van der Waals surface area contributed by atoms with Gasteiger partial charge < -0.3 is 9.73 Å². The molecule has 2 rings (SSSR count). The van der Waals surface area contributed by atoms with E-state index < -0.39 is 15.8 Å². The van der Waals surface area contributed by atoms with Crippen LogP contribution < -0.4 is 5.32 Å². The first kappa shape index (κ1) is 19.9. The Bertz CT molecular complexity index is 792. The van der Waals surface area contributed by atoms with Crippen LogP contribution in [0.1, 0.15) is 17.1 Å². The van der Waals surface area contributed by atoms with Crippen molar-refractivity contribution in [2.75, 3.05) is 14.1 Å². The molecule has 25 heavy (non-hydrogen) atoms. The molecule has 0 bridgehead atoms. The van der Waals surface area contributed by atoms with Crippen LogP contribution in [-0.4, -0.2) is 32.6 Å². The van der Waals surface area contributed by atoms with E-state index in [0.29, 0.717) is 41.9 Å². The van der Waals surface area contributed by atoms with Crippen molar-refractivity contribution in [2.45, 2.75) is 29.5 Å². The molecule has 0 saturated carbocycles. The van der Waals surface area contributed by atoms with Crippen molar-refractivity contribution in [3.05, 3.63) is 53.5 Å². The number of alkyl halides is 2. The highest BCUT2D eigenvalue weighted by atomic mass is 32.2. The second-order valence-corrected chi connectivity index (χ2v) is 8.54. The van der Waals surface area contributed by atoms with Gasteiger partial charge in [-0.3, -0.25) is 0 Å². The smallest absolute Gasteiger partial charge is 0.284 e. The third-order valence-electron chi connectivity index (χ3n) is 3.41. The third-order valence-corrected chi connectivity index (χ3v) is 6.03. The van der Waals surface area contributed by atoms with E-state index in [-0.39, 0.29) is 10.6 Å². The first-order valence-corrected chi connectivity index (χ1v) is 9.98. The van der Waals surface area contributed by atoms with Gasteiger partial charge in [-0.15, -0.1) is 0 Å². The summed E-state index contributed by atoms with van der Waals surface area (Å²) >= 11 is 0.507. The topological polar surface area (TPSA) is 62.6 Å². The third kappa shape index (κ3) is 5.53. The highest BCUT2D eigenvalue weighted by molar-refractivity contribution is 7.98. The average molecular weight is 390 g/mol. The van der Waals surface area contributed by atoms with Crippen LogP contribution in [0.2, 0.25) is 0 Å². The van der Waals surface area contributed by atoms with E-state index in [1.807, 2.05) is 0 Å². The number of thioether (sulfide) groups is 1. The summed E-state index contributed by atoms with van der Waals surface area (Å²) in [4.78, 5) is 0.251. The van der Waals surface area contributed by atoms with Crippen molar-refractivity contribution >= 4 is 21.8 Å². The number of halogens is 2. The number of nitrogens with one attached hydrogen (secondary N) is 1. The molecule has 0 saturated heterocycles. The Morgan fingerprint density at radius 3 is 2.48 bits per heavy atom. The molecule has 0 radical (unpaired) electrons. The molecule has 1 aromatic heterocycles. The number of furan rings is 1. The van der Waals surface area contributed by atoms with E-state index in [2.05, 4.69) is 5.32 Å². The van der Waals surface area contributed by atoms with E-state index in [0.717, 1.165) is 0 Å². The fraction of sp³-hybridized carbons (Fsp3) is 0.375. The molecule has 1 heterocycles. The van der Waals surface area contributed by atoms with Crippen LogP contribution in [0.25, 0.3) is 0 Å². The standard InChI is InChI=1S/C16H20F2N2O3S2/c1-20(2)25(21,22)15-6-4-3-5-12(15)9-19-10-13-7-8-14(23-13)11-24-16(17)18/h3-8,16,19H,9-11H2,1-2H3. The van der Waals surface area contributed by atoms with Crippen LogP contribution in [0.4, 0.5) is 8.78 Å². The second kappa shape index (κ2) is 8.79. The van der Waals surface area contributed by atoms with Gasteiger partial charge in [0.1, 0.15) is 11.5 Å². The minimum absolute atomic E-state index is 0.113. The number of hydrogen-bond donors (Lipinski definition) is 1. The van der Waals surface area contributed by atoms with E-state index in [1.165, 1.54) is 18.4 Å². The largest absolute Gasteiger partial charge is 0.464 e. The molecule has 5 nitrogen and oxygen atoms in total. The zero-order chi connectivity index (χ0) is 18.4. The summed E-state index contributed by atoms with van der Waals surface area (Å²) in [5, 5.41) is 3.12. The molecule has 0 aliphatic carbocycles. The highest BCUT2D eigenvalue weighted by Crippen LogP contribution is 2.21. The lowest BCUT2D eigenvalue weighted by atomic mass is 10.2. The van der Waals surface area contributed by atoms with Gasteiger partial charge in [0.05, 0.1) is 17.2 Å². The van der Waals surface area contributed by atoms with Gasteiger partial charge in [0, 0.05) is 20.6 Å². The van der Waals surface area contributed by atoms with Gasteiger partial charge in [0.25, 0.3) is 5.76 Å². The lowest BCUT2D eigenvalue weighted by Crippen LogP contribution is -2.24. The maximum absolute atomic E-state index is 12.3. The molecule has 138 valence electrons. The van der Waals surface area contributed by atoms with Crippen LogP contribution in [0, 0.1) is 0 Å². The maximum atomic E-state index is 12.3. The molecule has 0 spiro atoms. The fourth-order valence-electron chi connectivity index (χ4n) is 2.16. The molecule has 0 aliphatic heterocycles. The summed E-state index contributed by atoms with van der Waals surface area (Å²) in [6, 6.07) is 10.2. The van der Waals surface area contributed by atoms with Gasteiger partial charge in [0.2, 0.25) is 10.0 Å². The van der Waals surface area contributed by atoms with Gasteiger partial charge in [-0.1, -0.05) is 30.0 Å². The van der Waals surface area contributed by atoms with Crippen molar-refractivity contribution in [1.29, 1.82) is 0 Å². The van der Waals surface area contributed by atoms with E-state index in [1.54, 1.807) is 36.4 Å². The van der Waals surface area contributed by atoms with Crippen molar-refractivity contribution in [2.24, 2.45) is 0 Å². The predicted molar refractivity (Wildman–Crippen MR) is 93.9 cm³/mol. The van der Waals surface area contributed by atoms with Crippen molar-refractivity contribution in [3.63, 3.8) is 0 Å². The van der Waals surface area contributed by atoms with Gasteiger partial charge in [0.15, 0.2) is 0 Å². The van der Waals surface area contributed by atoms with Crippen LogP contribution in [0.5, 0.6) is 0 Å². The number of benzene rings is 1. The summed E-state index contributed by atoms with van der Waals surface area (Å²) in [6.07, 6.45) is 0. The Morgan fingerprint density at radius 1 is 1.12 bits per heavy atom. The Balaban J connectivity index is 1.97. The Morgan fingerprint density at radius 2 is 1.80 bits per heavy atom. The monoisotopic (exact) mass is 390 g/mol. The molecule has 0 amide bonds. The minimum Gasteiger partial charge on any atom is -0.464 e. The fourth-order valence-corrected chi connectivity index (χ4v) is 3.72. The summed E-state index contributed by atoms with van der Waals surface area (Å²) in [5.74, 6) is -1.22. The first-order chi connectivity index (χ1) is 11.8. The quantitative estimate of drug-likeness (QED) is 0.712. The lowest BCUT2D eigenvalue weighted by molar-refractivity contribution is 0.251. The predicted octanol–water partition coefficient (Wildman–Crippen LogP) is 3.28. The zero-order valence-electron chi connectivity index (χ0n) is 13.9. The maximum Gasteiger partial charge on any atom is 0.284 e. The van der Waals surface area contributed by atoms with E-state index in [4.69, 9.17) is 4.42 Å². The molecule has 0 unspecified atom stereocenters. The van der Waals surface area contributed by atoms with Crippen LogP contribution >= 0.6 is 11.8 Å².